The van der Waals surface area contributed by atoms with Crippen molar-refractivity contribution in [1.82, 2.24) is 0 Å². The molecule has 0 bridgehead atoms. The Morgan fingerprint density at radius 3 is 2.61 bits per heavy atom. The fraction of sp³-hybridized carbons (Fsp3) is 0.462. The number of hydrogen-bond donors (Lipinski definition) is 2. The Morgan fingerprint density at radius 1 is 1.22 bits per heavy atom. The van der Waals surface area contributed by atoms with E-state index in [1.807, 2.05) is 13.8 Å². The summed E-state index contributed by atoms with van der Waals surface area (Å²) in [5, 5.41) is 0. The van der Waals surface area contributed by atoms with Gasteiger partial charge in [-0.15, -0.1) is 0 Å². The minimum atomic E-state index is -0.469. The van der Waals surface area contributed by atoms with Crippen LogP contribution >= 0.6 is 0 Å². The Kier molecular flexibility index (Phi) is 5.45. The lowest BCUT2D eigenvalue weighted by atomic mass is 10.1. The van der Waals surface area contributed by atoms with Crippen molar-refractivity contribution in [1.29, 1.82) is 0 Å². The molecular formula is C13H20N2O3. The van der Waals surface area contributed by atoms with Gasteiger partial charge in [-0.25, -0.2) is 4.79 Å². The molecule has 0 aliphatic carbocycles. The molecule has 5 nitrogen and oxygen atoms in total. The molecule has 100 valence electrons. The van der Waals surface area contributed by atoms with Gasteiger partial charge in [0.25, 0.3) is 0 Å². The van der Waals surface area contributed by atoms with Crippen molar-refractivity contribution >= 4 is 17.3 Å². The number of nitrogen functional groups attached to an aromatic ring is 2. The third-order valence-corrected chi connectivity index (χ3v) is 2.39. The van der Waals surface area contributed by atoms with Crippen LogP contribution in [0.2, 0.25) is 0 Å². The van der Waals surface area contributed by atoms with E-state index in [9.17, 15) is 4.79 Å². The largest absolute Gasteiger partial charge is 0.460 e. The fourth-order valence-electron chi connectivity index (χ4n) is 1.51. The Morgan fingerprint density at radius 2 is 1.94 bits per heavy atom. The van der Waals surface area contributed by atoms with E-state index < -0.39 is 5.97 Å². The molecule has 18 heavy (non-hydrogen) atoms. The molecule has 0 aliphatic rings. The van der Waals surface area contributed by atoms with Gasteiger partial charge in [-0.05, 0) is 31.0 Å². The Labute approximate surface area is 107 Å². The van der Waals surface area contributed by atoms with Crippen molar-refractivity contribution in [2.75, 3.05) is 31.3 Å². The fourth-order valence-corrected chi connectivity index (χ4v) is 1.51. The Hall–Kier alpha value is -1.75. The maximum Gasteiger partial charge on any atom is 0.340 e. The monoisotopic (exact) mass is 252 g/mol. The molecule has 0 heterocycles. The van der Waals surface area contributed by atoms with Gasteiger partial charge >= 0.3 is 5.97 Å². The average Bonchev–Trinajstić information content (AvgIpc) is 2.33. The van der Waals surface area contributed by atoms with Crippen molar-refractivity contribution in [3.63, 3.8) is 0 Å². The molecular weight excluding hydrogens is 232 g/mol. The maximum absolute atomic E-state index is 11.8. The van der Waals surface area contributed by atoms with Crippen LogP contribution < -0.4 is 11.5 Å². The molecule has 0 fully saturated rings. The summed E-state index contributed by atoms with van der Waals surface area (Å²) in [7, 11) is 0. The SMILES string of the molecule is CCCOCCOC(=O)c1cc(C)cc(N)c1N. The zero-order valence-electron chi connectivity index (χ0n) is 10.9. The number of aryl methyl sites for hydroxylation is 1. The van der Waals surface area contributed by atoms with Gasteiger partial charge in [-0.1, -0.05) is 6.92 Å². The van der Waals surface area contributed by atoms with E-state index in [0.29, 0.717) is 24.5 Å². The number of carbonyl (C=O) groups excluding carboxylic acids is 1. The van der Waals surface area contributed by atoms with E-state index in [-0.39, 0.29) is 12.3 Å². The highest BCUT2D eigenvalue weighted by Crippen LogP contribution is 2.22. The molecule has 1 aromatic carbocycles. The topological polar surface area (TPSA) is 87.6 Å². The van der Waals surface area contributed by atoms with Crippen molar-refractivity contribution in [2.24, 2.45) is 0 Å². The molecule has 1 rings (SSSR count). The van der Waals surface area contributed by atoms with Crippen molar-refractivity contribution in [2.45, 2.75) is 20.3 Å². The molecule has 1 aromatic rings. The smallest absolute Gasteiger partial charge is 0.340 e. The van der Waals surface area contributed by atoms with Gasteiger partial charge in [-0.3, -0.25) is 0 Å². The number of carbonyl (C=O) groups is 1. The first kappa shape index (κ1) is 14.3. The molecule has 0 aliphatic heterocycles. The molecule has 4 N–H and O–H groups in total. The molecule has 0 aromatic heterocycles. The first-order valence-corrected chi connectivity index (χ1v) is 5.96. The summed E-state index contributed by atoms with van der Waals surface area (Å²) in [4.78, 5) is 11.8. The summed E-state index contributed by atoms with van der Waals surface area (Å²) < 4.78 is 10.3. The summed E-state index contributed by atoms with van der Waals surface area (Å²) in [6, 6.07) is 3.39. The Bertz CT molecular complexity index is 419. The number of ether oxygens (including phenoxy) is 2. The summed E-state index contributed by atoms with van der Waals surface area (Å²) in [5.74, 6) is -0.469. The van der Waals surface area contributed by atoms with Gasteiger partial charge in [0.15, 0.2) is 0 Å². The van der Waals surface area contributed by atoms with E-state index in [1.165, 1.54) is 0 Å². The van der Waals surface area contributed by atoms with Crippen LogP contribution in [0.3, 0.4) is 0 Å². The lowest BCUT2D eigenvalue weighted by molar-refractivity contribution is 0.0319. The summed E-state index contributed by atoms with van der Waals surface area (Å²) in [5.41, 5.74) is 13.3. The number of benzene rings is 1. The lowest BCUT2D eigenvalue weighted by Crippen LogP contribution is -2.14. The normalized spacial score (nSPS) is 10.3. The van der Waals surface area contributed by atoms with Crippen LogP contribution in [-0.4, -0.2) is 25.8 Å². The van der Waals surface area contributed by atoms with Crippen LogP contribution in [0.15, 0.2) is 12.1 Å². The van der Waals surface area contributed by atoms with Crippen molar-refractivity contribution in [3.05, 3.63) is 23.3 Å². The van der Waals surface area contributed by atoms with Gasteiger partial charge in [0.2, 0.25) is 0 Å². The molecule has 0 radical (unpaired) electrons. The molecule has 0 unspecified atom stereocenters. The minimum Gasteiger partial charge on any atom is -0.460 e. The zero-order chi connectivity index (χ0) is 13.5. The summed E-state index contributed by atoms with van der Waals surface area (Å²) in [6.07, 6.45) is 0.940. The molecule has 0 amide bonds. The first-order valence-electron chi connectivity index (χ1n) is 5.96. The Balaban J connectivity index is 2.56. The highest BCUT2D eigenvalue weighted by molar-refractivity contribution is 5.98. The van der Waals surface area contributed by atoms with Gasteiger partial charge in [0.1, 0.15) is 6.61 Å². The van der Waals surface area contributed by atoms with Crippen LogP contribution in [0.25, 0.3) is 0 Å². The number of rotatable bonds is 6. The number of nitrogens with two attached hydrogens (primary N) is 2. The predicted octanol–water partition coefficient (Wildman–Crippen LogP) is 1.74. The minimum absolute atomic E-state index is 0.214. The van der Waals surface area contributed by atoms with E-state index in [2.05, 4.69) is 0 Å². The highest BCUT2D eigenvalue weighted by atomic mass is 16.6. The lowest BCUT2D eigenvalue weighted by Gasteiger charge is -2.10. The molecule has 5 heteroatoms. The van der Waals surface area contributed by atoms with Gasteiger partial charge in [-0.2, -0.15) is 0 Å². The second-order valence-corrected chi connectivity index (χ2v) is 4.06. The zero-order valence-corrected chi connectivity index (χ0v) is 10.9. The third kappa shape index (κ3) is 3.92. The molecule has 0 saturated heterocycles. The summed E-state index contributed by atoms with van der Waals surface area (Å²) in [6.45, 7) is 5.13. The van der Waals surface area contributed by atoms with Crippen LogP contribution in [0.5, 0.6) is 0 Å². The van der Waals surface area contributed by atoms with E-state index in [0.717, 1.165) is 12.0 Å². The quantitative estimate of drug-likeness (QED) is 0.457. The first-order chi connectivity index (χ1) is 8.56. The molecule has 0 atom stereocenters. The number of anilines is 2. The van der Waals surface area contributed by atoms with E-state index in [4.69, 9.17) is 20.9 Å². The molecule has 0 spiro atoms. The third-order valence-electron chi connectivity index (χ3n) is 2.39. The summed E-state index contributed by atoms with van der Waals surface area (Å²) >= 11 is 0. The van der Waals surface area contributed by atoms with Crippen molar-refractivity contribution < 1.29 is 14.3 Å². The molecule has 0 saturated carbocycles. The van der Waals surface area contributed by atoms with E-state index >= 15 is 0 Å². The van der Waals surface area contributed by atoms with Gasteiger partial charge < -0.3 is 20.9 Å². The van der Waals surface area contributed by atoms with Gasteiger partial charge in [0, 0.05) is 6.61 Å². The van der Waals surface area contributed by atoms with Crippen LogP contribution in [-0.2, 0) is 9.47 Å². The second kappa shape index (κ2) is 6.86. The highest BCUT2D eigenvalue weighted by Gasteiger charge is 2.13. The van der Waals surface area contributed by atoms with Crippen LogP contribution in [0.1, 0.15) is 29.3 Å². The maximum atomic E-state index is 11.8. The second-order valence-electron chi connectivity index (χ2n) is 4.06. The van der Waals surface area contributed by atoms with Gasteiger partial charge in [0.05, 0.1) is 23.5 Å². The van der Waals surface area contributed by atoms with Crippen LogP contribution in [0.4, 0.5) is 11.4 Å². The predicted molar refractivity (Wildman–Crippen MR) is 71.4 cm³/mol. The van der Waals surface area contributed by atoms with Crippen molar-refractivity contribution in [3.8, 4) is 0 Å². The van der Waals surface area contributed by atoms with Crippen LogP contribution in [0, 0.1) is 6.92 Å². The number of esters is 1. The standard InChI is InChI=1S/C13H20N2O3/c1-3-4-17-5-6-18-13(16)10-7-9(2)8-11(14)12(10)15/h7-8H,3-6,14-15H2,1-2H3. The number of hydrogen-bond acceptors (Lipinski definition) is 5. The average molecular weight is 252 g/mol. The van der Waals surface area contributed by atoms with E-state index in [1.54, 1.807) is 12.1 Å².